The number of rotatable bonds is 4. The van der Waals surface area contributed by atoms with E-state index in [-0.39, 0.29) is 5.91 Å². The number of fused-ring (bicyclic) bond motifs is 2. The molecule has 1 saturated carbocycles. The van der Waals surface area contributed by atoms with Crippen molar-refractivity contribution in [2.75, 3.05) is 13.1 Å². The zero-order valence-corrected chi connectivity index (χ0v) is 15.0. The Hall–Kier alpha value is -2.21. The van der Waals surface area contributed by atoms with Crippen LogP contribution in [0.4, 0.5) is 0 Å². The molecule has 0 bridgehead atoms. The van der Waals surface area contributed by atoms with Gasteiger partial charge in [-0.2, -0.15) is 0 Å². The molecule has 26 heavy (non-hydrogen) atoms. The van der Waals surface area contributed by atoms with Gasteiger partial charge in [0.25, 0.3) is 5.91 Å². The molecule has 3 aliphatic rings. The number of benzene rings is 1. The lowest BCUT2D eigenvalue weighted by atomic mass is 9.89. The Morgan fingerprint density at radius 2 is 1.88 bits per heavy atom. The third-order valence-electron chi connectivity index (χ3n) is 6.38. The highest BCUT2D eigenvalue weighted by molar-refractivity contribution is 5.90. The first-order valence-electron chi connectivity index (χ1n) is 9.76. The van der Waals surface area contributed by atoms with Gasteiger partial charge in [0.2, 0.25) is 5.82 Å². The molecule has 6 nitrogen and oxygen atoms in total. The summed E-state index contributed by atoms with van der Waals surface area (Å²) >= 11 is 0. The molecule has 2 aliphatic heterocycles. The molecule has 2 atom stereocenters. The van der Waals surface area contributed by atoms with E-state index in [9.17, 15) is 4.79 Å². The zero-order valence-electron chi connectivity index (χ0n) is 15.0. The van der Waals surface area contributed by atoms with Gasteiger partial charge in [-0.1, -0.05) is 36.8 Å². The van der Waals surface area contributed by atoms with Gasteiger partial charge in [0.15, 0.2) is 0 Å². The first-order chi connectivity index (χ1) is 12.8. The largest absolute Gasteiger partial charge is 0.345 e. The summed E-state index contributed by atoms with van der Waals surface area (Å²) in [6, 6.07) is 10.8. The fourth-order valence-electron chi connectivity index (χ4n) is 4.64. The molecule has 2 fully saturated rings. The van der Waals surface area contributed by atoms with Crippen LogP contribution in [-0.2, 0) is 19.5 Å². The molecule has 0 unspecified atom stereocenters. The minimum absolute atomic E-state index is 0.125. The summed E-state index contributed by atoms with van der Waals surface area (Å²) in [4.78, 5) is 15.3. The molecule has 1 amide bonds. The fraction of sp³-hybridized carbons (Fsp3) is 0.550. The predicted octanol–water partition coefficient (Wildman–Crippen LogP) is 1.86. The monoisotopic (exact) mass is 351 g/mol. The molecule has 3 heterocycles. The minimum atomic E-state index is -0.125. The van der Waals surface area contributed by atoms with Crippen molar-refractivity contribution >= 4 is 5.91 Å². The van der Waals surface area contributed by atoms with Crippen LogP contribution in [0.15, 0.2) is 30.3 Å². The molecule has 6 heteroatoms. The minimum Gasteiger partial charge on any atom is -0.345 e. The van der Waals surface area contributed by atoms with Crippen molar-refractivity contribution in [1.82, 2.24) is 25.0 Å². The van der Waals surface area contributed by atoms with Gasteiger partial charge in [0.05, 0.1) is 0 Å². The van der Waals surface area contributed by atoms with Crippen molar-refractivity contribution < 1.29 is 4.79 Å². The highest BCUT2D eigenvalue weighted by atomic mass is 16.2. The lowest BCUT2D eigenvalue weighted by molar-refractivity contribution is 0.0932. The Morgan fingerprint density at radius 1 is 1.08 bits per heavy atom. The smallest absolute Gasteiger partial charge is 0.289 e. The third-order valence-corrected chi connectivity index (χ3v) is 6.38. The number of carbonyl (C=O) groups excluding carboxylic acids is 1. The molecule has 1 aromatic carbocycles. The molecule has 136 valence electrons. The van der Waals surface area contributed by atoms with Crippen LogP contribution >= 0.6 is 0 Å². The average molecular weight is 351 g/mol. The Bertz CT molecular complexity index is 798. The van der Waals surface area contributed by atoms with Gasteiger partial charge < -0.3 is 9.88 Å². The highest BCUT2D eigenvalue weighted by Crippen LogP contribution is 2.37. The number of aromatic nitrogens is 3. The van der Waals surface area contributed by atoms with Crippen molar-refractivity contribution in [1.29, 1.82) is 0 Å². The summed E-state index contributed by atoms with van der Waals surface area (Å²) in [5, 5.41) is 11.5. The van der Waals surface area contributed by atoms with E-state index in [4.69, 9.17) is 0 Å². The van der Waals surface area contributed by atoms with Crippen LogP contribution in [0.5, 0.6) is 0 Å². The summed E-state index contributed by atoms with van der Waals surface area (Å²) in [6.45, 7) is 3.75. The lowest BCUT2D eigenvalue weighted by Gasteiger charge is -2.34. The van der Waals surface area contributed by atoms with Crippen LogP contribution in [0.3, 0.4) is 0 Å². The van der Waals surface area contributed by atoms with Gasteiger partial charge in [-0.15, -0.1) is 10.2 Å². The molecule has 0 spiro atoms. The van der Waals surface area contributed by atoms with Crippen molar-refractivity contribution in [2.45, 2.75) is 44.8 Å². The molecule has 0 radical (unpaired) electrons. The quantitative estimate of drug-likeness (QED) is 0.913. The van der Waals surface area contributed by atoms with Gasteiger partial charge in [0, 0.05) is 38.6 Å². The summed E-state index contributed by atoms with van der Waals surface area (Å²) in [5.74, 6) is 2.62. The van der Waals surface area contributed by atoms with Crippen LogP contribution < -0.4 is 5.32 Å². The number of hydrogen-bond donors (Lipinski definition) is 1. The normalized spacial score (nSPS) is 25.4. The Kier molecular flexibility index (Phi) is 4.00. The van der Waals surface area contributed by atoms with Gasteiger partial charge in [0.1, 0.15) is 5.82 Å². The third kappa shape index (κ3) is 2.82. The van der Waals surface area contributed by atoms with Crippen LogP contribution in [0.1, 0.15) is 41.3 Å². The number of hydrogen-bond acceptors (Lipinski definition) is 4. The van der Waals surface area contributed by atoms with Crippen LogP contribution in [0.2, 0.25) is 0 Å². The number of carbonyl (C=O) groups is 1. The molecule has 2 aromatic rings. The van der Waals surface area contributed by atoms with Gasteiger partial charge >= 0.3 is 0 Å². The molecular weight excluding hydrogens is 326 g/mol. The molecule has 1 aromatic heterocycles. The van der Waals surface area contributed by atoms with E-state index >= 15 is 0 Å². The Labute approximate surface area is 153 Å². The van der Waals surface area contributed by atoms with E-state index in [1.54, 1.807) is 0 Å². The second-order valence-corrected chi connectivity index (χ2v) is 7.98. The van der Waals surface area contributed by atoms with Crippen LogP contribution in [0, 0.1) is 11.8 Å². The Morgan fingerprint density at radius 3 is 2.65 bits per heavy atom. The van der Waals surface area contributed by atoms with Crippen molar-refractivity contribution in [3.8, 4) is 0 Å². The fourth-order valence-corrected chi connectivity index (χ4v) is 4.64. The van der Waals surface area contributed by atoms with E-state index < -0.39 is 0 Å². The summed E-state index contributed by atoms with van der Waals surface area (Å²) in [6.07, 6.45) is 5.05. The first-order valence-corrected chi connectivity index (χ1v) is 9.76. The maximum atomic E-state index is 12.6. The summed E-state index contributed by atoms with van der Waals surface area (Å²) in [5.41, 5.74) is 1.09. The molecule has 1 aliphatic carbocycles. The molecular formula is C20H25N5O. The zero-order chi connectivity index (χ0) is 17.5. The predicted molar refractivity (Wildman–Crippen MR) is 97.5 cm³/mol. The van der Waals surface area contributed by atoms with E-state index in [1.807, 2.05) is 30.3 Å². The molecule has 1 N–H and O–H groups in total. The van der Waals surface area contributed by atoms with E-state index in [1.165, 1.54) is 25.8 Å². The number of amides is 1. The van der Waals surface area contributed by atoms with Crippen LogP contribution in [0.25, 0.3) is 0 Å². The standard InChI is InChI=1S/C20H25N5O/c26-20(21-10-14-5-2-1-3-6-14)19-23-22-18-9-15-11-24(17-7-4-8-17)12-16(15)13-25(18)19/h1-3,5-6,15-17H,4,7-13H2,(H,21,26)/t15-,16+/m1/s1. The second kappa shape index (κ2) is 6.50. The van der Waals surface area contributed by atoms with E-state index in [2.05, 4.69) is 25.0 Å². The number of nitrogens with zero attached hydrogens (tertiary/aromatic N) is 4. The average Bonchev–Trinajstić information content (AvgIpc) is 3.20. The van der Waals surface area contributed by atoms with E-state index in [0.717, 1.165) is 36.9 Å². The van der Waals surface area contributed by atoms with Crippen LogP contribution in [-0.4, -0.2) is 44.7 Å². The lowest BCUT2D eigenvalue weighted by Crippen LogP contribution is -2.38. The first kappa shape index (κ1) is 16.0. The number of nitrogens with one attached hydrogen (secondary N) is 1. The van der Waals surface area contributed by atoms with E-state index in [0.29, 0.717) is 24.2 Å². The SMILES string of the molecule is O=C(NCc1ccccc1)c1nnc2n1C[C@@H]1CN(C3CCC3)C[C@H]1C2. The summed E-state index contributed by atoms with van der Waals surface area (Å²) in [7, 11) is 0. The van der Waals surface area contributed by atoms with Crippen molar-refractivity contribution in [3.63, 3.8) is 0 Å². The maximum absolute atomic E-state index is 12.6. The maximum Gasteiger partial charge on any atom is 0.289 e. The number of likely N-dealkylation sites (tertiary alicyclic amines) is 1. The highest BCUT2D eigenvalue weighted by Gasteiger charge is 2.41. The summed E-state index contributed by atoms with van der Waals surface area (Å²) < 4.78 is 2.06. The van der Waals surface area contributed by atoms with Gasteiger partial charge in [-0.05, 0) is 30.2 Å². The topological polar surface area (TPSA) is 63.1 Å². The van der Waals surface area contributed by atoms with Crippen molar-refractivity contribution in [3.05, 3.63) is 47.5 Å². The molecule has 5 rings (SSSR count). The second-order valence-electron chi connectivity index (χ2n) is 7.98. The molecule has 1 saturated heterocycles. The van der Waals surface area contributed by atoms with Crippen molar-refractivity contribution in [2.24, 2.45) is 11.8 Å². The van der Waals surface area contributed by atoms with Gasteiger partial charge in [-0.25, -0.2) is 0 Å². The van der Waals surface area contributed by atoms with Gasteiger partial charge in [-0.3, -0.25) is 9.69 Å². The Balaban J connectivity index is 1.27.